The Labute approximate surface area is 787 Å². The Balaban J connectivity index is 0.000000114. The highest BCUT2D eigenvalue weighted by Gasteiger charge is 2.60. The van der Waals surface area contributed by atoms with Crippen LogP contribution in [0.3, 0.4) is 0 Å². The number of aryl methyl sites for hydroxylation is 6. The monoisotopic (exact) mass is 1760 g/mol. The maximum absolute atomic E-state index is 10.9. The molecular weight excluding hydrogens is 1620 g/mol. The van der Waals surface area contributed by atoms with Gasteiger partial charge in [0, 0.05) is 21.7 Å². The molecule has 0 heterocycles. The first kappa shape index (κ1) is 91.3. The molecule has 0 aromatic heterocycles. The van der Waals surface area contributed by atoms with Crippen LogP contribution in [0.2, 0.25) is 0 Å². The number of aliphatic hydroxyl groups is 4. The van der Waals surface area contributed by atoms with Crippen molar-refractivity contribution < 1.29 is 40.9 Å². The van der Waals surface area contributed by atoms with Crippen LogP contribution < -0.4 is 0 Å². The average Bonchev–Trinajstić information content (AvgIpc) is 1.39. The summed E-state index contributed by atoms with van der Waals surface area (Å²) in [4.78, 5) is 0. The maximum Gasteiger partial charge on any atom is 0.116 e. The van der Waals surface area contributed by atoms with Crippen LogP contribution in [0.25, 0.3) is 0 Å². The molecule has 12 aliphatic rings. The Bertz CT molecular complexity index is 5580. The van der Waals surface area contributed by atoms with Crippen LogP contribution in [0.4, 0.5) is 0 Å². The number of benzene rings is 10. The van der Waals surface area contributed by atoms with Gasteiger partial charge in [-0.05, 0) is 390 Å². The van der Waals surface area contributed by atoms with E-state index in [2.05, 4.69) is 236 Å². The quantitative estimate of drug-likeness (QED) is 0.0350. The van der Waals surface area contributed by atoms with Crippen LogP contribution >= 0.6 is 0 Å². The van der Waals surface area contributed by atoms with E-state index in [1.807, 2.05) is 48.5 Å². The highest BCUT2D eigenvalue weighted by molar-refractivity contribution is 5.62. The number of hydrogen-bond acceptors (Lipinski definition) is 8. The average molecular weight is 1760 g/mol. The first-order chi connectivity index (χ1) is 63.8. The van der Waals surface area contributed by atoms with Gasteiger partial charge in [0.2, 0.25) is 0 Å². The van der Waals surface area contributed by atoms with E-state index in [9.17, 15) is 40.9 Å². The number of phenols is 4. The molecule has 8 N–H and O–H groups in total. The molecule has 8 nitrogen and oxygen atoms in total. The van der Waals surface area contributed by atoms with Crippen LogP contribution in [-0.2, 0) is 85.9 Å². The third-order valence-corrected chi connectivity index (χ3v) is 35.3. The summed E-state index contributed by atoms with van der Waals surface area (Å²) in [7, 11) is 0. The summed E-state index contributed by atoms with van der Waals surface area (Å²) >= 11 is 0. The predicted molar refractivity (Wildman–Crippen MR) is 536 cm³/mol. The Morgan fingerprint density at radius 1 is 0.265 bits per heavy atom. The normalized spacial score (nSPS) is 28.4. The van der Waals surface area contributed by atoms with E-state index in [-0.39, 0.29) is 67.7 Å². The van der Waals surface area contributed by atoms with Crippen LogP contribution in [0.1, 0.15) is 284 Å². The van der Waals surface area contributed by atoms with Crippen LogP contribution in [0, 0.1) is 47.3 Å². The third kappa shape index (κ3) is 17.5. The van der Waals surface area contributed by atoms with Gasteiger partial charge in [0.25, 0.3) is 0 Å². The van der Waals surface area contributed by atoms with Crippen molar-refractivity contribution in [1.29, 1.82) is 0 Å². The molecular formula is C124H144O8. The lowest BCUT2D eigenvalue weighted by atomic mass is 9.52. The molecule has 0 spiro atoms. The number of rotatable bonds is 20. The highest BCUT2D eigenvalue weighted by atomic mass is 16.3. The SMILES string of the molecule is Cc1cc(O)cc2c1[C@@]1(Cc3ccccc3)CC[C@@]3(CCCC(C)C)C[C@@H](O)CC3=C1CC2.Cc1cc(O)cc2c1[C@]1(Cc3ccccc3)CC[C@@]3(CCCC(C)C)C[C@@H](O)CC3=C1CC2.Oc1ccc2c(c1)CCC1=C3C[C@@H](O)C[C@@]3(Cc3ccccc3)CC[C@@]12Cc1ccccc1.Oc1ccc2c(c1)CCC1=C3C[C@@H](O)C[C@@]3(Cc3ccccc3)CC[C@]12Cc1ccccc1. The van der Waals surface area contributed by atoms with Crippen molar-refractivity contribution in [2.75, 3.05) is 0 Å². The fourth-order valence-corrected chi connectivity index (χ4v) is 30.3. The van der Waals surface area contributed by atoms with E-state index in [0.29, 0.717) is 23.0 Å². The van der Waals surface area contributed by atoms with E-state index in [1.54, 1.807) is 44.6 Å². The van der Waals surface area contributed by atoms with Gasteiger partial charge in [0.05, 0.1) is 24.4 Å². The van der Waals surface area contributed by atoms with Crippen LogP contribution in [0.15, 0.2) is 287 Å². The van der Waals surface area contributed by atoms with Crippen molar-refractivity contribution in [2.24, 2.45) is 33.5 Å². The largest absolute Gasteiger partial charge is 0.508 e. The van der Waals surface area contributed by atoms with Crippen molar-refractivity contribution in [1.82, 2.24) is 0 Å². The number of aliphatic hydroxyl groups excluding tert-OH is 4. The summed E-state index contributed by atoms with van der Waals surface area (Å²) in [6, 6.07) is 85.4. The molecule has 12 aliphatic carbocycles. The third-order valence-electron chi connectivity index (χ3n) is 35.3. The molecule has 12 atom stereocenters. The second kappa shape index (κ2) is 37.5. The molecule has 0 unspecified atom stereocenters. The summed E-state index contributed by atoms with van der Waals surface area (Å²) in [5.74, 6) is 3.00. The van der Waals surface area contributed by atoms with Crippen LogP contribution in [-0.4, -0.2) is 65.3 Å². The van der Waals surface area contributed by atoms with Gasteiger partial charge in [0.15, 0.2) is 0 Å². The van der Waals surface area contributed by atoms with Crippen molar-refractivity contribution >= 4 is 0 Å². The molecule has 0 amide bonds. The fraction of sp³-hybridized carbons (Fsp3) is 0.452. The molecule has 4 saturated carbocycles. The summed E-state index contributed by atoms with van der Waals surface area (Å²) in [5.41, 5.74) is 34.9. The summed E-state index contributed by atoms with van der Waals surface area (Å²) in [6.07, 6.45) is 36.9. The molecule has 22 rings (SSSR count). The molecule has 10 aromatic carbocycles. The van der Waals surface area contributed by atoms with Gasteiger partial charge >= 0.3 is 0 Å². The second-order valence-electron chi connectivity index (χ2n) is 44.3. The smallest absolute Gasteiger partial charge is 0.116 e. The first-order valence-corrected chi connectivity index (χ1v) is 51.0. The zero-order chi connectivity index (χ0) is 91.4. The molecule has 688 valence electrons. The molecule has 132 heavy (non-hydrogen) atoms. The summed E-state index contributed by atoms with van der Waals surface area (Å²) < 4.78 is 0. The Morgan fingerprint density at radius 3 is 0.841 bits per heavy atom. The van der Waals surface area contributed by atoms with Gasteiger partial charge in [-0.2, -0.15) is 0 Å². The van der Waals surface area contributed by atoms with Crippen molar-refractivity contribution in [3.8, 4) is 23.0 Å². The van der Waals surface area contributed by atoms with Gasteiger partial charge in [-0.25, -0.2) is 0 Å². The molecule has 0 saturated heterocycles. The lowest BCUT2D eigenvalue weighted by Gasteiger charge is -2.51. The Hall–Kier alpha value is -9.80. The van der Waals surface area contributed by atoms with Gasteiger partial charge in [0.1, 0.15) is 23.0 Å². The molecule has 4 fully saturated rings. The number of aromatic hydroxyl groups is 4. The maximum atomic E-state index is 10.9. The number of fused-ring (bicyclic) bond motifs is 16. The van der Waals surface area contributed by atoms with Crippen molar-refractivity contribution in [3.63, 3.8) is 0 Å². The fourth-order valence-electron chi connectivity index (χ4n) is 30.3. The number of allylic oxidation sites excluding steroid dienone is 4. The van der Waals surface area contributed by atoms with Gasteiger partial charge in [-0.1, -0.05) is 292 Å². The molecule has 10 aromatic rings. The lowest BCUT2D eigenvalue weighted by Crippen LogP contribution is -2.43. The molecule has 0 aliphatic heterocycles. The Kier molecular flexibility index (Phi) is 25.9. The van der Waals surface area contributed by atoms with Gasteiger partial charge in [-0.3, -0.25) is 0 Å². The van der Waals surface area contributed by atoms with Crippen molar-refractivity contribution in [2.45, 2.75) is 319 Å². The second-order valence-corrected chi connectivity index (χ2v) is 44.3. The topological polar surface area (TPSA) is 162 Å². The zero-order valence-corrected chi connectivity index (χ0v) is 79.6. The van der Waals surface area contributed by atoms with E-state index in [0.717, 1.165) is 192 Å². The van der Waals surface area contributed by atoms with Gasteiger partial charge in [-0.15, -0.1) is 0 Å². The van der Waals surface area contributed by atoms with Crippen LogP contribution in [0.5, 0.6) is 23.0 Å². The highest BCUT2D eigenvalue weighted by Crippen LogP contribution is 2.68. The van der Waals surface area contributed by atoms with E-state index < -0.39 is 0 Å². The van der Waals surface area contributed by atoms with Crippen molar-refractivity contribution in [3.05, 3.63) is 376 Å². The molecule has 0 bridgehead atoms. The Morgan fingerprint density at radius 2 is 0.523 bits per heavy atom. The lowest BCUT2D eigenvalue weighted by molar-refractivity contribution is 0.141. The summed E-state index contributed by atoms with van der Waals surface area (Å²) in [5, 5.41) is 84.8. The molecule has 0 radical (unpaired) electrons. The molecule has 8 heteroatoms. The minimum atomic E-state index is -0.245. The standard InChI is InChI=1S/2C31H32O2.2C31H40O2/c2*32-25-12-14-27-24(17-25)11-13-28-29-18-26(33)21-30(29,19-22-7-3-1-4-8-22)15-16-31(27,28)20-23-9-5-2-6-10-23;2*1-21(2)8-7-13-30-14-15-31(19-23-9-5-4-6-10-23)27(28(30)18-26(33)20-30)12-11-24-17-25(32)16-22(3)29(24)31/h2*1-10,12,14,17,26,32-33H,11,13,15-16,18-21H2;2*4-6,9-10,16-17,21,26,32-33H,7-8,11-15,18-20H2,1-3H3/t26-,30+,31+;26-,30+,31-;26-,30-,31+;26-,30-,31-/m1100/s1. The number of phenolic OH excluding ortho intramolecular Hbond substituents is 4. The minimum Gasteiger partial charge on any atom is -0.508 e. The number of hydrogen-bond donors (Lipinski definition) is 8. The van der Waals surface area contributed by atoms with E-state index in [4.69, 9.17) is 0 Å². The van der Waals surface area contributed by atoms with E-state index in [1.165, 1.54) is 140 Å². The summed E-state index contributed by atoms with van der Waals surface area (Å²) in [6.45, 7) is 13.7. The minimum absolute atomic E-state index is 0.00629. The van der Waals surface area contributed by atoms with Gasteiger partial charge < -0.3 is 40.9 Å². The predicted octanol–water partition coefficient (Wildman–Crippen LogP) is 27.0. The first-order valence-electron chi connectivity index (χ1n) is 51.0. The zero-order valence-electron chi connectivity index (χ0n) is 79.6. The van der Waals surface area contributed by atoms with E-state index >= 15 is 0 Å².